The van der Waals surface area contributed by atoms with Crippen LogP contribution in [0.15, 0.2) is 72.8 Å². The number of imide groups is 1. The van der Waals surface area contributed by atoms with Crippen LogP contribution in [-0.2, 0) is 32.8 Å². The lowest BCUT2D eigenvalue weighted by atomic mass is 9.75. The normalized spacial score (nSPS) is 26.4. The molecule has 3 aromatic carbocycles. The second-order valence-electron chi connectivity index (χ2n) is 10.2. The highest BCUT2D eigenvalue weighted by Gasteiger charge is 2.70. The Morgan fingerprint density at radius 3 is 2.19 bits per heavy atom. The van der Waals surface area contributed by atoms with Crippen molar-refractivity contribution in [2.24, 2.45) is 11.8 Å². The number of aryl methyl sites for hydroxylation is 1. The maximum absolute atomic E-state index is 14.0. The maximum Gasteiger partial charge on any atom is 0.250 e. The molecule has 4 atom stereocenters. The third-order valence-corrected chi connectivity index (χ3v) is 8.28. The van der Waals surface area contributed by atoms with Crippen LogP contribution >= 0.6 is 0 Å². The van der Waals surface area contributed by atoms with Crippen LogP contribution < -0.4 is 10.6 Å². The molecule has 6 nitrogen and oxygen atoms in total. The first-order chi connectivity index (χ1) is 17.4. The minimum atomic E-state index is -1.26. The van der Waals surface area contributed by atoms with Gasteiger partial charge in [0.2, 0.25) is 17.7 Å². The van der Waals surface area contributed by atoms with Gasteiger partial charge < -0.3 is 5.32 Å². The Bertz CT molecular complexity index is 1370. The first-order valence-electron chi connectivity index (χ1n) is 12.5. The summed E-state index contributed by atoms with van der Waals surface area (Å²) in [6.07, 6.45) is 1.14. The van der Waals surface area contributed by atoms with Gasteiger partial charge in [0, 0.05) is 23.8 Å². The molecule has 6 heteroatoms. The monoisotopic (exact) mass is 479 g/mol. The molecule has 3 aromatic rings. The largest absolute Gasteiger partial charge is 0.324 e. The lowest BCUT2D eigenvalue weighted by Crippen LogP contribution is -2.53. The van der Waals surface area contributed by atoms with E-state index in [1.165, 1.54) is 4.90 Å². The van der Waals surface area contributed by atoms with Gasteiger partial charge in [-0.3, -0.25) is 24.6 Å². The average molecular weight is 480 g/mol. The van der Waals surface area contributed by atoms with Gasteiger partial charge in [0.15, 0.2) is 0 Å². The van der Waals surface area contributed by atoms with Crippen LogP contribution in [0.4, 0.5) is 5.69 Å². The van der Waals surface area contributed by atoms with E-state index in [1.54, 1.807) is 0 Å². The topological polar surface area (TPSA) is 78.5 Å². The zero-order valence-corrected chi connectivity index (χ0v) is 20.5. The molecule has 182 valence electrons. The molecule has 0 aromatic heterocycles. The van der Waals surface area contributed by atoms with Gasteiger partial charge in [0.25, 0.3) is 0 Å². The quantitative estimate of drug-likeness (QED) is 0.549. The summed E-state index contributed by atoms with van der Waals surface area (Å²) < 4.78 is 0. The van der Waals surface area contributed by atoms with E-state index in [2.05, 4.69) is 10.6 Å². The smallest absolute Gasteiger partial charge is 0.250 e. The van der Waals surface area contributed by atoms with Crippen LogP contribution in [0.2, 0.25) is 0 Å². The summed E-state index contributed by atoms with van der Waals surface area (Å²) >= 11 is 0. The standard InChI is InChI=1S/C30H29N3O3/c1-18-13-14-22-26(19(18)2)31-29(36)30(22)25-24(23(32-30)17-21-11-7-4-8-12-21)27(34)33(28(25)35)16-15-20-9-5-3-6-10-20/h3-14,23-25,32H,15-17H2,1-2H3,(H,31,36)/t23-,24-,25-,30+/m1/s1. The number of carbonyl (C=O) groups is 3. The van der Waals surface area contributed by atoms with Crippen molar-refractivity contribution >= 4 is 23.4 Å². The summed E-state index contributed by atoms with van der Waals surface area (Å²) in [5.41, 5.74) is 4.46. The van der Waals surface area contributed by atoms with E-state index in [9.17, 15) is 14.4 Å². The predicted octanol–water partition coefficient (Wildman–Crippen LogP) is 3.51. The number of rotatable bonds is 5. The van der Waals surface area contributed by atoms with Gasteiger partial charge in [-0.15, -0.1) is 0 Å². The zero-order valence-electron chi connectivity index (χ0n) is 20.5. The van der Waals surface area contributed by atoms with Crippen molar-refractivity contribution in [1.82, 2.24) is 10.2 Å². The Labute approximate surface area is 210 Å². The van der Waals surface area contributed by atoms with Gasteiger partial charge in [-0.25, -0.2) is 0 Å². The fourth-order valence-corrected chi connectivity index (χ4v) is 6.33. The Morgan fingerprint density at radius 2 is 1.50 bits per heavy atom. The molecule has 2 N–H and O–H groups in total. The van der Waals surface area contributed by atoms with Gasteiger partial charge >= 0.3 is 0 Å². The van der Waals surface area contributed by atoms with Crippen molar-refractivity contribution < 1.29 is 14.4 Å². The summed E-state index contributed by atoms with van der Waals surface area (Å²) in [6.45, 7) is 4.30. The van der Waals surface area contributed by atoms with Crippen LogP contribution in [0.3, 0.4) is 0 Å². The summed E-state index contributed by atoms with van der Waals surface area (Å²) in [4.78, 5) is 42.9. The molecule has 0 saturated carbocycles. The minimum absolute atomic E-state index is 0.184. The Balaban J connectivity index is 1.42. The van der Waals surface area contributed by atoms with Crippen molar-refractivity contribution in [3.63, 3.8) is 0 Å². The molecule has 1 spiro atoms. The molecule has 0 radical (unpaired) electrons. The molecule has 3 amide bonds. The summed E-state index contributed by atoms with van der Waals surface area (Å²) in [7, 11) is 0. The number of carbonyl (C=O) groups excluding carboxylic acids is 3. The lowest BCUT2D eigenvalue weighted by Gasteiger charge is -2.29. The third-order valence-electron chi connectivity index (χ3n) is 8.28. The SMILES string of the molecule is Cc1ccc2c(c1C)NC(=O)[C@]21N[C@H](Cc2ccccc2)[C@H]2C(=O)N(CCc3ccccc3)C(=O)[C@@H]21. The Morgan fingerprint density at radius 1 is 0.833 bits per heavy atom. The molecule has 0 bridgehead atoms. The maximum atomic E-state index is 14.0. The lowest BCUT2D eigenvalue weighted by molar-refractivity contribution is -0.142. The van der Waals surface area contributed by atoms with E-state index >= 15 is 0 Å². The van der Waals surface area contributed by atoms with Gasteiger partial charge in [-0.1, -0.05) is 72.8 Å². The molecule has 3 heterocycles. The highest BCUT2D eigenvalue weighted by atomic mass is 16.2. The fourth-order valence-electron chi connectivity index (χ4n) is 6.33. The van der Waals surface area contributed by atoms with E-state index in [-0.39, 0.29) is 23.8 Å². The van der Waals surface area contributed by atoms with Gasteiger partial charge in [0.1, 0.15) is 5.54 Å². The number of nitrogens with one attached hydrogen (secondary N) is 2. The first-order valence-corrected chi connectivity index (χ1v) is 12.5. The molecule has 6 rings (SSSR count). The number of hydrogen-bond acceptors (Lipinski definition) is 4. The van der Waals surface area contributed by atoms with E-state index in [0.717, 1.165) is 33.5 Å². The van der Waals surface area contributed by atoms with Crippen LogP contribution in [0.5, 0.6) is 0 Å². The molecule has 2 saturated heterocycles. The van der Waals surface area contributed by atoms with Gasteiger partial charge in [-0.2, -0.15) is 0 Å². The third kappa shape index (κ3) is 3.24. The van der Waals surface area contributed by atoms with Gasteiger partial charge in [-0.05, 0) is 48.9 Å². The van der Waals surface area contributed by atoms with Crippen LogP contribution in [0.25, 0.3) is 0 Å². The number of amides is 3. The number of hydrogen-bond donors (Lipinski definition) is 2. The highest BCUT2D eigenvalue weighted by molar-refractivity contribution is 6.15. The van der Waals surface area contributed by atoms with E-state index in [0.29, 0.717) is 19.4 Å². The summed E-state index contributed by atoms with van der Waals surface area (Å²) in [5.74, 6) is -2.08. The number of anilines is 1. The number of nitrogens with zero attached hydrogens (tertiary/aromatic N) is 1. The summed E-state index contributed by atoms with van der Waals surface area (Å²) in [5, 5.41) is 6.61. The molecule has 36 heavy (non-hydrogen) atoms. The Hall–Kier alpha value is -3.77. The number of benzene rings is 3. The molecular formula is C30H29N3O3. The predicted molar refractivity (Wildman–Crippen MR) is 137 cm³/mol. The van der Waals surface area contributed by atoms with Crippen molar-refractivity contribution in [3.8, 4) is 0 Å². The summed E-state index contributed by atoms with van der Waals surface area (Å²) in [6, 6.07) is 23.4. The van der Waals surface area contributed by atoms with E-state index in [4.69, 9.17) is 0 Å². The van der Waals surface area contributed by atoms with Crippen LogP contribution in [-0.4, -0.2) is 35.2 Å². The van der Waals surface area contributed by atoms with Crippen LogP contribution in [0, 0.1) is 25.7 Å². The fraction of sp³-hybridized carbons (Fsp3) is 0.300. The molecule has 3 aliphatic heterocycles. The Kier molecular flexibility index (Phi) is 5.30. The van der Waals surface area contributed by atoms with Crippen LogP contribution in [0.1, 0.15) is 27.8 Å². The second kappa shape index (κ2) is 8.42. The van der Waals surface area contributed by atoms with Crippen molar-refractivity contribution in [2.45, 2.75) is 38.3 Å². The molecular weight excluding hydrogens is 450 g/mol. The zero-order chi connectivity index (χ0) is 25.0. The number of likely N-dealkylation sites (tertiary alicyclic amines) is 1. The molecule has 2 fully saturated rings. The first kappa shape index (κ1) is 22.7. The minimum Gasteiger partial charge on any atom is -0.324 e. The van der Waals surface area contributed by atoms with Crippen molar-refractivity contribution in [1.29, 1.82) is 0 Å². The van der Waals surface area contributed by atoms with Crippen molar-refractivity contribution in [2.75, 3.05) is 11.9 Å². The molecule has 3 aliphatic rings. The van der Waals surface area contributed by atoms with E-state index < -0.39 is 17.4 Å². The molecule has 0 unspecified atom stereocenters. The van der Waals surface area contributed by atoms with Crippen molar-refractivity contribution in [3.05, 3.63) is 101 Å². The highest BCUT2D eigenvalue weighted by Crippen LogP contribution is 2.54. The van der Waals surface area contributed by atoms with E-state index in [1.807, 2.05) is 86.6 Å². The van der Waals surface area contributed by atoms with Gasteiger partial charge in [0.05, 0.1) is 11.8 Å². The average Bonchev–Trinajstić information content (AvgIpc) is 3.46. The number of fused-ring (bicyclic) bond motifs is 4. The molecule has 0 aliphatic carbocycles. The second-order valence-corrected chi connectivity index (χ2v) is 10.2.